The van der Waals surface area contributed by atoms with Gasteiger partial charge in [0.15, 0.2) is 0 Å². The zero-order chi connectivity index (χ0) is 12.1. The normalized spacial score (nSPS) is 14.2. The fourth-order valence-corrected chi connectivity index (χ4v) is 1.49. The maximum Gasteiger partial charge on any atom is 0.239 e. The van der Waals surface area contributed by atoms with Crippen LogP contribution in [0.4, 0.5) is 0 Å². The van der Waals surface area contributed by atoms with Crippen LogP contribution in [-0.2, 0) is 4.79 Å². The lowest BCUT2D eigenvalue weighted by molar-refractivity contribution is -0.133. The van der Waals surface area contributed by atoms with Gasteiger partial charge >= 0.3 is 0 Å². The molecule has 88 valence electrons. The molecule has 1 rings (SSSR count). The second-order valence-corrected chi connectivity index (χ2v) is 3.92. The van der Waals surface area contributed by atoms with Crippen molar-refractivity contribution in [3.8, 4) is 0 Å². The molecule has 0 saturated carbocycles. The Bertz CT molecular complexity index is 339. The number of carbonyl (C=O) groups is 1. The molecule has 2 atom stereocenters. The molecular formula is C12H19N3O. The van der Waals surface area contributed by atoms with Gasteiger partial charge in [-0.1, -0.05) is 6.92 Å². The van der Waals surface area contributed by atoms with E-state index in [0.29, 0.717) is 6.42 Å². The minimum atomic E-state index is -0.408. The van der Waals surface area contributed by atoms with Crippen LogP contribution in [0.15, 0.2) is 24.5 Å². The molecule has 1 aromatic heterocycles. The number of rotatable bonds is 4. The van der Waals surface area contributed by atoms with Crippen LogP contribution in [0.2, 0.25) is 0 Å². The van der Waals surface area contributed by atoms with Gasteiger partial charge in [0, 0.05) is 19.4 Å². The molecule has 2 N–H and O–H groups in total. The van der Waals surface area contributed by atoms with E-state index in [0.717, 1.165) is 5.56 Å². The highest BCUT2D eigenvalue weighted by molar-refractivity contribution is 5.81. The molecule has 0 aliphatic carbocycles. The highest BCUT2D eigenvalue weighted by Crippen LogP contribution is 2.18. The average Bonchev–Trinajstić information content (AvgIpc) is 2.36. The lowest BCUT2D eigenvalue weighted by atomic mass is 10.1. The number of aromatic nitrogens is 1. The van der Waals surface area contributed by atoms with E-state index in [4.69, 9.17) is 5.73 Å². The third-order valence-electron chi connectivity index (χ3n) is 2.87. The lowest BCUT2D eigenvalue weighted by Gasteiger charge is -2.27. The second kappa shape index (κ2) is 5.61. The molecule has 1 heterocycles. The predicted molar refractivity (Wildman–Crippen MR) is 63.7 cm³/mol. The smallest absolute Gasteiger partial charge is 0.239 e. The maximum atomic E-state index is 11.9. The van der Waals surface area contributed by atoms with Gasteiger partial charge in [-0.3, -0.25) is 9.78 Å². The molecule has 1 amide bonds. The van der Waals surface area contributed by atoms with Crippen LogP contribution in [0, 0.1) is 0 Å². The lowest BCUT2D eigenvalue weighted by Crippen LogP contribution is -2.42. The first-order valence-corrected chi connectivity index (χ1v) is 5.50. The molecule has 16 heavy (non-hydrogen) atoms. The zero-order valence-electron chi connectivity index (χ0n) is 10.1. The number of hydrogen-bond acceptors (Lipinski definition) is 3. The van der Waals surface area contributed by atoms with Crippen molar-refractivity contribution in [1.29, 1.82) is 0 Å². The van der Waals surface area contributed by atoms with Gasteiger partial charge in [-0.25, -0.2) is 0 Å². The summed E-state index contributed by atoms with van der Waals surface area (Å²) >= 11 is 0. The number of nitrogens with two attached hydrogens (primary N) is 1. The van der Waals surface area contributed by atoms with Gasteiger partial charge in [0.25, 0.3) is 0 Å². The zero-order valence-corrected chi connectivity index (χ0v) is 10.1. The first kappa shape index (κ1) is 12.6. The predicted octanol–water partition coefficient (Wildman–Crippen LogP) is 1.34. The van der Waals surface area contributed by atoms with Crippen LogP contribution in [0.25, 0.3) is 0 Å². The van der Waals surface area contributed by atoms with E-state index in [1.54, 1.807) is 24.3 Å². The minimum Gasteiger partial charge on any atom is -0.338 e. The van der Waals surface area contributed by atoms with Gasteiger partial charge in [-0.15, -0.1) is 0 Å². The third-order valence-corrected chi connectivity index (χ3v) is 2.87. The van der Waals surface area contributed by atoms with E-state index in [2.05, 4.69) is 4.98 Å². The van der Waals surface area contributed by atoms with Crippen LogP contribution in [0.5, 0.6) is 0 Å². The summed E-state index contributed by atoms with van der Waals surface area (Å²) in [5, 5.41) is 0. The Morgan fingerprint density at radius 1 is 1.50 bits per heavy atom. The molecule has 0 aliphatic heterocycles. The van der Waals surface area contributed by atoms with E-state index in [-0.39, 0.29) is 11.9 Å². The van der Waals surface area contributed by atoms with Gasteiger partial charge in [0.2, 0.25) is 5.91 Å². The monoisotopic (exact) mass is 221 g/mol. The average molecular weight is 221 g/mol. The Labute approximate surface area is 96.5 Å². The molecule has 0 fully saturated rings. The van der Waals surface area contributed by atoms with Crippen molar-refractivity contribution in [3.63, 3.8) is 0 Å². The third kappa shape index (κ3) is 2.79. The summed E-state index contributed by atoms with van der Waals surface area (Å²) in [5.41, 5.74) is 6.79. The van der Waals surface area contributed by atoms with Gasteiger partial charge < -0.3 is 10.6 Å². The number of hydrogen-bond donors (Lipinski definition) is 1. The highest BCUT2D eigenvalue weighted by atomic mass is 16.2. The molecule has 0 bridgehead atoms. The highest BCUT2D eigenvalue weighted by Gasteiger charge is 2.21. The van der Waals surface area contributed by atoms with Crippen LogP contribution in [0.3, 0.4) is 0 Å². The van der Waals surface area contributed by atoms with E-state index in [9.17, 15) is 4.79 Å². The first-order valence-electron chi connectivity index (χ1n) is 5.50. The van der Waals surface area contributed by atoms with E-state index in [1.165, 1.54) is 0 Å². The van der Waals surface area contributed by atoms with Crippen molar-refractivity contribution < 1.29 is 4.79 Å². The van der Waals surface area contributed by atoms with E-state index >= 15 is 0 Å². The second-order valence-electron chi connectivity index (χ2n) is 3.92. The van der Waals surface area contributed by atoms with E-state index in [1.807, 2.05) is 26.0 Å². The fraction of sp³-hybridized carbons (Fsp3) is 0.500. The summed E-state index contributed by atoms with van der Waals surface area (Å²) in [5.74, 6) is -0.0215. The number of pyridine rings is 1. The summed E-state index contributed by atoms with van der Waals surface area (Å²) in [6, 6.07) is 3.43. The molecule has 0 radical (unpaired) electrons. The Morgan fingerprint density at radius 3 is 2.56 bits per heavy atom. The van der Waals surface area contributed by atoms with Gasteiger partial charge in [-0.2, -0.15) is 0 Å². The quantitative estimate of drug-likeness (QED) is 0.834. The number of carbonyl (C=O) groups excluding carboxylic acids is 1. The molecular weight excluding hydrogens is 202 g/mol. The molecule has 0 saturated heterocycles. The topological polar surface area (TPSA) is 59.2 Å². The molecule has 0 spiro atoms. The Morgan fingerprint density at radius 2 is 2.06 bits per heavy atom. The molecule has 0 aliphatic rings. The number of nitrogens with zero attached hydrogens (tertiary/aromatic N) is 2. The van der Waals surface area contributed by atoms with Gasteiger partial charge in [0.1, 0.15) is 0 Å². The van der Waals surface area contributed by atoms with Gasteiger partial charge in [0.05, 0.1) is 12.1 Å². The molecule has 4 heteroatoms. The Kier molecular flexibility index (Phi) is 4.43. The van der Waals surface area contributed by atoms with Crippen molar-refractivity contribution >= 4 is 5.91 Å². The number of likely N-dealkylation sites (N-methyl/N-ethyl adjacent to an activating group) is 1. The molecule has 1 aromatic rings. The first-order chi connectivity index (χ1) is 7.57. The molecule has 0 aromatic carbocycles. The Balaban J connectivity index is 2.75. The summed E-state index contributed by atoms with van der Waals surface area (Å²) in [4.78, 5) is 17.5. The van der Waals surface area contributed by atoms with Crippen molar-refractivity contribution in [1.82, 2.24) is 9.88 Å². The van der Waals surface area contributed by atoms with E-state index < -0.39 is 6.04 Å². The summed E-state index contributed by atoms with van der Waals surface area (Å²) in [7, 11) is 1.78. The van der Waals surface area contributed by atoms with Gasteiger partial charge in [-0.05, 0) is 31.0 Å². The van der Waals surface area contributed by atoms with Crippen LogP contribution in [-0.4, -0.2) is 28.9 Å². The van der Waals surface area contributed by atoms with Crippen LogP contribution in [0.1, 0.15) is 31.9 Å². The number of amides is 1. The van der Waals surface area contributed by atoms with Crippen molar-refractivity contribution in [2.45, 2.75) is 32.4 Å². The standard InChI is InChI=1S/C12H19N3O/c1-4-11(13)12(16)15(3)9(2)10-5-7-14-8-6-10/h5-9,11H,4,13H2,1-3H3/t9?,11-/m0/s1. The molecule has 4 nitrogen and oxygen atoms in total. The van der Waals surface area contributed by atoms with Crippen molar-refractivity contribution in [2.24, 2.45) is 5.73 Å². The SMILES string of the molecule is CC[C@H](N)C(=O)N(C)C(C)c1ccncc1. The van der Waals surface area contributed by atoms with Crippen LogP contribution < -0.4 is 5.73 Å². The minimum absolute atomic E-state index is 0.0214. The maximum absolute atomic E-state index is 11.9. The summed E-state index contributed by atoms with van der Waals surface area (Å²) in [6.07, 6.45) is 4.11. The fourth-order valence-electron chi connectivity index (χ4n) is 1.49. The summed E-state index contributed by atoms with van der Waals surface area (Å²) < 4.78 is 0. The Hall–Kier alpha value is -1.42. The van der Waals surface area contributed by atoms with Crippen molar-refractivity contribution in [2.75, 3.05) is 7.05 Å². The van der Waals surface area contributed by atoms with Crippen molar-refractivity contribution in [3.05, 3.63) is 30.1 Å². The molecule has 1 unspecified atom stereocenters. The largest absolute Gasteiger partial charge is 0.338 e. The summed E-state index contributed by atoms with van der Waals surface area (Å²) in [6.45, 7) is 3.89. The van der Waals surface area contributed by atoms with Crippen LogP contribution >= 0.6 is 0 Å².